The summed E-state index contributed by atoms with van der Waals surface area (Å²) in [7, 11) is 0. The van der Waals surface area contributed by atoms with Crippen LogP contribution in [0.3, 0.4) is 0 Å². The monoisotopic (exact) mass is 287 g/mol. The fourth-order valence-corrected chi connectivity index (χ4v) is 2.14. The van der Waals surface area contributed by atoms with Gasteiger partial charge < -0.3 is 10.5 Å². The van der Waals surface area contributed by atoms with Crippen LogP contribution < -0.4 is 10.5 Å². The predicted octanol–water partition coefficient (Wildman–Crippen LogP) is 4.23. The van der Waals surface area contributed by atoms with Crippen LogP contribution in [-0.4, -0.2) is 12.6 Å². The van der Waals surface area contributed by atoms with Crippen LogP contribution in [0.15, 0.2) is 24.3 Å². The first kappa shape index (κ1) is 15.4. The van der Waals surface area contributed by atoms with Crippen LogP contribution in [0.4, 0.5) is 0 Å². The summed E-state index contributed by atoms with van der Waals surface area (Å²) in [4.78, 5) is 0. The van der Waals surface area contributed by atoms with Crippen LogP contribution in [0, 0.1) is 0 Å². The van der Waals surface area contributed by atoms with Crippen LogP contribution in [0.25, 0.3) is 0 Å². The second kappa shape index (κ2) is 7.03. The molecule has 0 fully saturated rings. The zero-order valence-corrected chi connectivity index (χ0v) is 12.3. The number of hydrogen-bond acceptors (Lipinski definition) is 2. The topological polar surface area (TPSA) is 35.2 Å². The van der Waals surface area contributed by atoms with Crippen LogP contribution in [-0.2, 0) is 6.42 Å². The van der Waals surface area contributed by atoms with Crippen molar-refractivity contribution in [3.05, 3.63) is 39.9 Å². The summed E-state index contributed by atoms with van der Waals surface area (Å²) in [6.45, 7) is 8.34. The lowest BCUT2D eigenvalue weighted by Crippen LogP contribution is -2.18. The van der Waals surface area contributed by atoms with Gasteiger partial charge in [0.2, 0.25) is 0 Å². The molecule has 0 spiro atoms. The number of ether oxygens (including phenoxy) is 1. The second-order valence-corrected chi connectivity index (χ2v) is 5.29. The number of halogens is 2. The molecule has 0 aliphatic heterocycles. The molecule has 2 N–H and O–H groups in total. The van der Waals surface area contributed by atoms with Crippen molar-refractivity contribution < 1.29 is 4.74 Å². The Hall–Kier alpha value is -0.700. The summed E-state index contributed by atoms with van der Waals surface area (Å²) in [5.41, 5.74) is 7.77. The van der Waals surface area contributed by atoms with Crippen molar-refractivity contribution in [1.82, 2.24) is 0 Å². The maximum Gasteiger partial charge on any atom is 0.141 e. The van der Waals surface area contributed by atoms with Crippen molar-refractivity contribution in [3.8, 4) is 5.75 Å². The van der Waals surface area contributed by atoms with Crippen LogP contribution in [0.5, 0.6) is 5.75 Å². The van der Waals surface area contributed by atoms with E-state index < -0.39 is 0 Å². The van der Waals surface area contributed by atoms with Crippen LogP contribution >= 0.6 is 23.2 Å². The molecule has 0 aliphatic carbocycles. The number of benzene rings is 1. The summed E-state index contributed by atoms with van der Waals surface area (Å²) < 4.78 is 5.73. The van der Waals surface area contributed by atoms with Gasteiger partial charge in [0.05, 0.1) is 5.02 Å². The largest absolute Gasteiger partial charge is 0.487 e. The van der Waals surface area contributed by atoms with E-state index in [9.17, 15) is 0 Å². The van der Waals surface area contributed by atoms with Gasteiger partial charge in [-0.25, -0.2) is 0 Å². The first-order valence-corrected chi connectivity index (χ1v) is 6.72. The van der Waals surface area contributed by atoms with Gasteiger partial charge in [-0.2, -0.15) is 0 Å². The average molecular weight is 288 g/mol. The molecule has 0 heterocycles. The highest BCUT2D eigenvalue weighted by Crippen LogP contribution is 2.33. The van der Waals surface area contributed by atoms with Gasteiger partial charge >= 0.3 is 0 Å². The van der Waals surface area contributed by atoms with Crippen LogP contribution in [0.2, 0.25) is 10.0 Å². The van der Waals surface area contributed by atoms with Gasteiger partial charge in [0.25, 0.3) is 0 Å². The minimum absolute atomic E-state index is 0.0243. The molecule has 0 saturated heterocycles. The SMILES string of the molecule is C=C(CC)COc1c(Cl)cc(Cl)cc1CC(C)N. The van der Waals surface area contributed by atoms with E-state index in [0.717, 1.165) is 17.6 Å². The molecule has 1 rings (SSSR count). The normalized spacial score (nSPS) is 12.3. The van der Waals surface area contributed by atoms with Gasteiger partial charge in [-0.15, -0.1) is 0 Å². The smallest absolute Gasteiger partial charge is 0.141 e. The van der Waals surface area contributed by atoms with Gasteiger partial charge in [-0.05, 0) is 43.0 Å². The Kier molecular flexibility index (Phi) is 6.00. The summed E-state index contributed by atoms with van der Waals surface area (Å²) in [5.74, 6) is 0.660. The molecule has 0 amide bonds. The summed E-state index contributed by atoms with van der Waals surface area (Å²) in [5, 5.41) is 1.11. The van der Waals surface area contributed by atoms with E-state index in [1.54, 1.807) is 6.07 Å². The average Bonchev–Trinajstić information content (AvgIpc) is 2.26. The molecule has 2 nitrogen and oxygen atoms in total. The molecule has 18 heavy (non-hydrogen) atoms. The third kappa shape index (κ3) is 4.52. The molecule has 0 bridgehead atoms. The van der Waals surface area contributed by atoms with Crippen molar-refractivity contribution in [3.63, 3.8) is 0 Å². The molecule has 100 valence electrons. The molecular formula is C14H19Cl2NO. The lowest BCUT2D eigenvalue weighted by molar-refractivity contribution is 0.345. The summed E-state index contributed by atoms with van der Waals surface area (Å²) >= 11 is 12.2. The Bertz CT molecular complexity index is 430. The fraction of sp³-hybridized carbons (Fsp3) is 0.429. The standard InChI is InChI=1S/C14H19Cl2NO/c1-4-9(2)8-18-14-11(5-10(3)17)6-12(15)7-13(14)16/h6-7,10H,2,4-5,8,17H2,1,3H3. The van der Waals surface area contributed by atoms with Gasteiger partial charge in [0.1, 0.15) is 12.4 Å². The van der Waals surface area contributed by atoms with Crippen LogP contribution in [0.1, 0.15) is 25.8 Å². The fourth-order valence-electron chi connectivity index (χ4n) is 1.55. The van der Waals surface area contributed by atoms with E-state index in [2.05, 4.69) is 6.58 Å². The van der Waals surface area contributed by atoms with Crippen molar-refractivity contribution in [2.75, 3.05) is 6.61 Å². The number of hydrogen-bond donors (Lipinski definition) is 1. The Morgan fingerprint density at radius 1 is 1.44 bits per heavy atom. The van der Waals surface area contributed by atoms with Gasteiger partial charge in [0.15, 0.2) is 0 Å². The van der Waals surface area contributed by atoms with Crippen molar-refractivity contribution in [1.29, 1.82) is 0 Å². The maximum absolute atomic E-state index is 6.16. The highest BCUT2D eigenvalue weighted by Gasteiger charge is 2.12. The second-order valence-electron chi connectivity index (χ2n) is 4.45. The summed E-state index contributed by atoms with van der Waals surface area (Å²) in [6, 6.07) is 3.55. The zero-order chi connectivity index (χ0) is 13.7. The number of nitrogens with two attached hydrogens (primary N) is 1. The Morgan fingerprint density at radius 3 is 2.67 bits per heavy atom. The maximum atomic E-state index is 6.16. The highest BCUT2D eigenvalue weighted by atomic mass is 35.5. The van der Waals surface area contributed by atoms with Crippen molar-refractivity contribution >= 4 is 23.2 Å². The molecular weight excluding hydrogens is 269 g/mol. The molecule has 1 atom stereocenters. The Balaban J connectivity index is 2.96. The first-order valence-electron chi connectivity index (χ1n) is 5.97. The van der Waals surface area contributed by atoms with Gasteiger partial charge in [-0.1, -0.05) is 36.7 Å². The van der Waals surface area contributed by atoms with E-state index in [1.165, 1.54) is 0 Å². The third-order valence-corrected chi connectivity index (χ3v) is 3.05. The lowest BCUT2D eigenvalue weighted by Gasteiger charge is -2.15. The summed E-state index contributed by atoms with van der Waals surface area (Å²) in [6.07, 6.45) is 1.56. The highest BCUT2D eigenvalue weighted by molar-refractivity contribution is 6.35. The number of rotatable bonds is 6. The van der Waals surface area contributed by atoms with E-state index >= 15 is 0 Å². The quantitative estimate of drug-likeness (QED) is 0.795. The minimum atomic E-state index is 0.0243. The molecule has 0 aliphatic rings. The molecule has 0 aromatic heterocycles. The first-order chi connectivity index (χ1) is 8.43. The zero-order valence-electron chi connectivity index (χ0n) is 10.8. The lowest BCUT2D eigenvalue weighted by atomic mass is 10.1. The Morgan fingerprint density at radius 2 is 2.11 bits per heavy atom. The predicted molar refractivity (Wildman–Crippen MR) is 78.7 cm³/mol. The van der Waals surface area contributed by atoms with Crippen molar-refractivity contribution in [2.45, 2.75) is 32.7 Å². The van der Waals surface area contributed by atoms with E-state index in [-0.39, 0.29) is 6.04 Å². The van der Waals surface area contributed by atoms with E-state index in [0.29, 0.717) is 28.8 Å². The molecule has 1 aromatic rings. The van der Waals surface area contributed by atoms with Crippen molar-refractivity contribution in [2.24, 2.45) is 5.73 Å². The van der Waals surface area contributed by atoms with Gasteiger partial charge in [-0.3, -0.25) is 0 Å². The molecule has 0 radical (unpaired) electrons. The molecule has 4 heteroatoms. The molecule has 1 unspecified atom stereocenters. The third-order valence-electron chi connectivity index (χ3n) is 2.55. The van der Waals surface area contributed by atoms with E-state index in [4.69, 9.17) is 33.7 Å². The Labute approximate surface area is 119 Å². The molecule has 1 aromatic carbocycles. The molecule has 0 saturated carbocycles. The minimum Gasteiger partial charge on any atom is -0.487 e. The van der Waals surface area contributed by atoms with Gasteiger partial charge in [0, 0.05) is 11.1 Å². The van der Waals surface area contributed by atoms with E-state index in [1.807, 2.05) is 19.9 Å².